The van der Waals surface area contributed by atoms with Gasteiger partial charge in [0.25, 0.3) is 0 Å². The van der Waals surface area contributed by atoms with Gasteiger partial charge in [0.1, 0.15) is 0 Å². The van der Waals surface area contributed by atoms with Crippen LogP contribution in [0.15, 0.2) is 60.8 Å². The van der Waals surface area contributed by atoms with Gasteiger partial charge in [-0.05, 0) is 54.4 Å². The van der Waals surface area contributed by atoms with E-state index in [-0.39, 0.29) is 0 Å². The summed E-state index contributed by atoms with van der Waals surface area (Å²) in [5.74, 6) is 2.70. The van der Waals surface area contributed by atoms with E-state index in [4.69, 9.17) is 4.98 Å². The van der Waals surface area contributed by atoms with Crippen molar-refractivity contribution in [3.8, 4) is 0 Å². The minimum Gasteiger partial charge on any atom is -0.339 e. The minimum absolute atomic E-state index is 0.529. The summed E-state index contributed by atoms with van der Waals surface area (Å²) >= 11 is 0. The number of aromatic nitrogens is 3. The summed E-state index contributed by atoms with van der Waals surface area (Å²) in [5, 5.41) is 11.8. The van der Waals surface area contributed by atoms with Gasteiger partial charge in [0.2, 0.25) is 5.95 Å². The van der Waals surface area contributed by atoms with Crippen LogP contribution in [0.2, 0.25) is 0 Å². The van der Waals surface area contributed by atoms with Crippen LogP contribution >= 0.6 is 0 Å². The first kappa shape index (κ1) is 19.4. The normalized spacial score (nSPS) is 14.9. The maximum atomic E-state index is 4.70. The molecule has 0 amide bonds. The van der Waals surface area contributed by atoms with Crippen molar-refractivity contribution in [1.82, 2.24) is 15.2 Å². The Kier molecular flexibility index (Phi) is 6.03. The molecule has 0 saturated carbocycles. The number of nitrogens with zero attached hydrogens (tertiary/aromatic N) is 4. The number of benzene rings is 2. The smallest absolute Gasteiger partial charge is 0.247 e. The fraction of sp³-hybridized carbons (Fsp3) is 0.375. The molecule has 4 rings (SSSR count). The Labute approximate surface area is 173 Å². The van der Waals surface area contributed by atoms with Gasteiger partial charge in [-0.25, -0.2) is 0 Å². The van der Waals surface area contributed by atoms with Crippen LogP contribution in [0.25, 0.3) is 0 Å². The molecule has 2 aromatic carbocycles. The maximum Gasteiger partial charge on any atom is 0.247 e. The standard InChI is InChI=1S/C24H29N5/c1-18(2)21-8-10-22(11-9-21)26-23-17-25-28-24(27-23)29-14-12-20(13-15-29)16-19-6-4-3-5-7-19/h3-11,17-18,20H,12-16H2,1-2H3,(H,26,27,28). The van der Waals surface area contributed by atoms with Crippen molar-refractivity contribution in [3.63, 3.8) is 0 Å². The van der Waals surface area contributed by atoms with Crippen LogP contribution in [0, 0.1) is 5.92 Å². The zero-order valence-corrected chi connectivity index (χ0v) is 17.3. The van der Waals surface area contributed by atoms with Crippen molar-refractivity contribution >= 4 is 17.5 Å². The highest BCUT2D eigenvalue weighted by Crippen LogP contribution is 2.25. The average molecular weight is 388 g/mol. The van der Waals surface area contributed by atoms with E-state index in [0.717, 1.165) is 49.8 Å². The summed E-state index contributed by atoms with van der Waals surface area (Å²) in [7, 11) is 0. The second kappa shape index (κ2) is 9.03. The van der Waals surface area contributed by atoms with E-state index < -0.39 is 0 Å². The number of anilines is 3. The van der Waals surface area contributed by atoms with Crippen LogP contribution in [0.4, 0.5) is 17.5 Å². The average Bonchev–Trinajstić information content (AvgIpc) is 2.76. The van der Waals surface area contributed by atoms with Crippen LogP contribution in [-0.4, -0.2) is 28.3 Å². The lowest BCUT2D eigenvalue weighted by Crippen LogP contribution is -2.35. The van der Waals surface area contributed by atoms with E-state index in [1.165, 1.54) is 11.1 Å². The highest BCUT2D eigenvalue weighted by atomic mass is 15.3. The topological polar surface area (TPSA) is 53.9 Å². The lowest BCUT2D eigenvalue weighted by molar-refractivity contribution is 0.400. The monoisotopic (exact) mass is 387 g/mol. The Morgan fingerprint density at radius 1 is 1.00 bits per heavy atom. The second-order valence-corrected chi connectivity index (χ2v) is 8.16. The number of hydrogen-bond donors (Lipinski definition) is 1. The summed E-state index contributed by atoms with van der Waals surface area (Å²) in [6, 6.07) is 19.3. The van der Waals surface area contributed by atoms with Gasteiger partial charge in [0, 0.05) is 18.8 Å². The molecule has 1 N–H and O–H groups in total. The first-order chi connectivity index (χ1) is 14.2. The molecule has 0 unspecified atom stereocenters. The Bertz CT molecular complexity index is 900. The Morgan fingerprint density at radius 2 is 1.72 bits per heavy atom. The van der Waals surface area contributed by atoms with E-state index in [1.807, 2.05) is 0 Å². The highest BCUT2D eigenvalue weighted by Gasteiger charge is 2.21. The van der Waals surface area contributed by atoms with Gasteiger partial charge in [-0.3, -0.25) is 0 Å². The van der Waals surface area contributed by atoms with Crippen molar-refractivity contribution < 1.29 is 0 Å². The second-order valence-electron chi connectivity index (χ2n) is 8.16. The lowest BCUT2D eigenvalue weighted by atomic mass is 9.90. The van der Waals surface area contributed by atoms with Gasteiger partial charge in [-0.15, -0.1) is 5.10 Å². The largest absolute Gasteiger partial charge is 0.339 e. The molecular formula is C24H29N5. The third-order valence-corrected chi connectivity index (χ3v) is 5.66. The molecule has 0 aliphatic carbocycles. The minimum atomic E-state index is 0.529. The first-order valence-electron chi connectivity index (χ1n) is 10.5. The van der Waals surface area contributed by atoms with Gasteiger partial charge in [0.05, 0.1) is 6.20 Å². The molecule has 0 bridgehead atoms. The van der Waals surface area contributed by atoms with Crippen molar-refractivity contribution in [1.29, 1.82) is 0 Å². The van der Waals surface area contributed by atoms with Crippen LogP contribution < -0.4 is 10.2 Å². The predicted molar refractivity (Wildman–Crippen MR) is 119 cm³/mol. The lowest BCUT2D eigenvalue weighted by Gasteiger charge is -2.31. The third-order valence-electron chi connectivity index (χ3n) is 5.66. The van der Waals surface area contributed by atoms with Gasteiger partial charge >= 0.3 is 0 Å². The SMILES string of the molecule is CC(C)c1ccc(Nc2cnnc(N3CCC(Cc4ccccc4)CC3)n2)cc1. The molecule has 2 heterocycles. The number of nitrogens with one attached hydrogen (secondary N) is 1. The van der Waals surface area contributed by atoms with E-state index >= 15 is 0 Å². The molecule has 5 nitrogen and oxygen atoms in total. The quantitative estimate of drug-likeness (QED) is 0.630. The summed E-state index contributed by atoms with van der Waals surface area (Å²) < 4.78 is 0. The zero-order chi connectivity index (χ0) is 20.1. The summed E-state index contributed by atoms with van der Waals surface area (Å²) in [6.45, 7) is 6.36. The molecule has 29 heavy (non-hydrogen) atoms. The number of hydrogen-bond acceptors (Lipinski definition) is 5. The zero-order valence-electron chi connectivity index (χ0n) is 17.3. The van der Waals surface area contributed by atoms with Crippen LogP contribution in [-0.2, 0) is 6.42 Å². The molecule has 0 radical (unpaired) electrons. The molecule has 5 heteroatoms. The summed E-state index contributed by atoms with van der Waals surface area (Å²) in [6.07, 6.45) is 5.16. The Hall–Kier alpha value is -2.95. The number of piperidine rings is 1. The Balaban J connectivity index is 1.35. The third kappa shape index (κ3) is 5.11. The molecular weight excluding hydrogens is 358 g/mol. The summed E-state index contributed by atoms with van der Waals surface area (Å²) in [4.78, 5) is 6.95. The van der Waals surface area contributed by atoms with Gasteiger partial charge < -0.3 is 10.2 Å². The maximum absolute atomic E-state index is 4.70. The van der Waals surface area contributed by atoms with Crippen molar-refractivity contribution in [3.05, 3.63) is 71.9 Å². The van der Waals surface area contributed by atoms with Crippen LogP contribution in [0.1, 0.15) is 43.7 Å². The van der Waals surface area contributed by atoms with Crippen LogP contribution in [0.3, 0.4) is 0 Å². The molecule has 1 fully saturated rings. The van der Waals surface area contributed by atoms with E-state index in [1.54, 1.807) is 6.20 Å². The molecule has 1 aliphatic heterocycles. The molecule has 0 atom stereocenters. The van der Waals surface area contributed by atoms with E-state index in [2.05, 4.69) is 88.9 Å². The molecule has 3 aromatic rings. The Morgan fingerprint density at radius 3 is 2.41 bits per heavy atom. The van der Waals surface area contributed by atoms with E-state index in [0.29, 0.717) is 11.9 Å². The van der Waals surface area contributed by atoms with E-state index in [9.17, 15) is 0 Å². The van der Waals surface area contributed by atoms with Gasteiger partial charge in [0.15, 0.2) is 5.82 Å². The first-order valence-corrected chi connectivity index (χ1v) is 10.5. The number of rotatable bonds is 6. The van der Waals surface area contributed by atoms with Crippen molar-refractivity contribution in [2.24, 2.45) is 5.92 Å². The van der Waals surface area contributed by atoms with Crippen LogP contribution in [0.5, 0.6) is 0 Å². The predicted octanol–water partition coefficient (Wildman–Crippen LogP) is 5.20. The van der Waals surface area contributed by atoms with Crippen molar-refractivity contribution in [2.75, 3.05) is 23.3 Å². The fourth-order valence-corrected chi connectivity index (χ4v) is 3.87. The summed E-state index contributed by atoms with van der Waals surface area (Å²) in [5.41, 5.74) is 3.77. The van der Waals surface area contributed by atoms with Gasteiger partial charge in [-0.2, -0.15) is 10.1 Å². The van der Waals surface area contributed by atoms with Crippen molar-refractivity contribution in [2.45, 2.75) is 39.0 Å². The highest BCUT2D eigenvalue weighted by molar-refractivity contribution is 5.56. The molecule has 1 saturated heterocycles. The van der Waals surface area contributed by atoms with Gasteiger partial charge in [-0.1, -0.05) is 56.3 Å². The molecule has 0 spiro atoms. The fourth-order valence-electron chi connectivity index (χ4n) is 3.87. The molecule has 150 valence electrons. The molecule has 1 aliphatic rings. The molecule has 1 aromatic heterocycles.